The molecule has 0 aromatic heterocycles. The van der Waals surface area contributed by atoms with E-state index >= 15 is 0 Å². The van der Waals surface area contributed by atoms with E-state index in [1.54, 1.807) is 85.0 Å². The van der Waals surface area contributed by atoms with Crippen LogP contribution in [0.1, 0.15) is 39.3 Å². The van der Waals surface area contributed by atoms with Crippen LogP contribution in [0.2, 0.25) is 0 Å². The molecule has 1 fully saturated rings. The minimum atomic E-state index is -2.99. The number of quaternary nitrogens is 1. The number of benzene rings is 4. The molecule has 4 aromatic rings. The van der Waals surface area contributed by atoms with E-state index in [4.69, 9.17) is 0 Å². The van der Waals surface area contributed by atoms with Gasteiger partial charge in [0.05, 0.1) is 37.6 Å². The van der Waals surface area contributed by atoms with E-state index in [2.05, 4.69) is 0 Å². The molecule has 0 N–H and O–H groups in total. The predicted molar refractivity (Wildman–Crippen MR) is 157 cm³/mol. The first kappa shape index (κ1) is 18.8. The van der Waals surface area contributed by atoms with Crippen LogP contribution < -0.4 is 12.4 Å². The monoisotopic (exact) mass is 528 g/mol. The van der Waals surface area contributed by atoms with Gasteiger partial charge >= 0.3 is 0 Å². The molecule has 0 saturated carbocycles. The third-order valence-corrected chi connectivity index (χ3v) is 6.31. The molecule has 0 atom stereocenters. The molecule has 2 nitrogen and oxygen atoms in total. The molecule has 0 bridgehead atoms. The lowest BCUT2D eigenvalue weighted by atomic mass is 9.96. The standard InChI is InChI=1S/C35H37N2.ClH/c1-5-15-31(16-6-1)19-13-27-37(28-14-20-32-17-7-2-8-18-32)29-25-36(26-30-37)35(33-21-9-3-10-22-33)34-23-11-4-12-24-34;/h1-24,35H,25-30H2;1H/q+1;/p-1/b19-13+,20-14+;/i25D2,26D2,29D2,30D2;. The minimum Gasteiger partial charge on any atom is -1.00 e. The van der Waals surface area contributed by atoms with Crippen LogP contribution in [0.25, 0.3) is 12.2 Å². The van der Waals surface area contributed by atoms with Crippen molar-refractivity contribution in [2.24, 2.45) is 0 Å². The normalized spacial score (nSPS) is 24.0. The SMILES string of the molecule is [2H]C1([2H])N(C(c2ccccc2)c2ccccc2)C([2H])([2H])C([2H])([2H])[N+](C/C=C/c2ccccc2)(C/C=C/c2ccccc2)C1([2H])[2H].[Cl-]. The summed E-state index contributed by atoms with van der Waals surface area (Å²) < 4.78 is 74.7. The van der Waals surface area contributed by atoms with Gasteiger partial charge in [0.1, 0.15) is 0 Å². The van der Waals surface area contributed by atoms with Crippen molar-refractivity contribution >= 4 is 12.2 Å². The van der Waals surface area contributed by atoms with Gasteiger partial charge in [-0.2, -0.15) is 0 Å². The molecule has 0 aliphatic carbocycles. The van der Waals surface area contributed by atoms with Gasteiger partial charge in [0, 0.05) is 18.5 Å². The van der Waals surface area contributed by atoms with Crippen LogP contribution in [0.5, 0.6) is 0 Å². The fourth-order valence-electron chi connectivity index (χ4n) is 4.37. The van der Waals surface area contributed by atoms with E-state index in [0.717, 1.165) is 16.0 Å². The maximum atomic E-state index is 9.53. The molecule has 5 rings (SSSR count). The average Bonchev–Trinajstić information content (AvgIpc) is 3.03. The average molecular weight is 529 g/mol. The van der Waals surface area contributed by atoms with Gasteiger partial charge in [0.2, 0.25) is 0 Å². The molecule has 0 radical (unpaired) electrons. The van der Waals surface area contributed by atoms with Crippen molar-refractivity contribution in [1.29, 1.82) is 0 Å². The predicted octanol–water partition coefficient (Wildman–Crippen LogP) is 4.34. The van der Waals surface area contributed by atoms with Crippen LogP contribution in [0.3, 0.4) is 0 Å². The van der Waals surface area contributed by atoms with Crippen molar-refractivity contribution < 1.29 is 27.9 Å². The molecule has 0 amide bonds. The molecule has 3 heteroatoms. The molecule has 1 aliphatic heterocycles. The summed E-state index contributed by atoms with van der Waals surface area (Å²) in [6.07, 6.45) is 6.72. The second-order valence-electron chi connectivity index (χ2n) is 9.00. The molecule has 0 spiro atoms. The Hall–Kier alpha value is -3.43. The van der Waals surface area contributed by atoms with E-state index in [9.17, 15) is 11.0 Å². The van der Waals surface area contributed by atoms with Gasteiger partial charge in [-0.3, -0.25) is 4.90 Å². The molecule has 1 heterocycles. The fourth-order valence-corrected chi connectivity index (χ4v) is 4.37. The van der Waals surface area contributed by atoms with Crippen LogP contribution in [0, 0.1) is 0 Å². The summed E-state index contributed by atoms with van der Waals surface area (Å²) in [6.45, 7) is -12.5. The Kier molecular flexibility index (Phi) is 6.87. The molecule has 1 saturated heterocycles. The van der Waals surface area contributed by atoms with Gasteiger partial charge in [-0.15, -0.1) is 0 Å². The molecule has 4 aromatic carbocycles. The van der Waals surface area contributed by atoms with Crippen molar-refractivity contribution in [3.05, 3.63) is 156 Å². The van der Waals surface area contributed by atoms with Gasteiger partial charge in [0.15, 0.2) is 0 Å². The number of nitrogens with zero attached hydrogens (tertiary/aromatic N) is 2. The van der Waals surface area contributed by atoms with Crippen LogP contribution in [0.15, 0.2) is 133 Å². The third kappa shape index (κ3) is 7.33. The number of piperazine rings is 1. The Morgan fingerprint density at radius 3 is 1.37 bits per heavy atom. The number of halogens is 1. The summed E-state index contributed by atoms with van der Waals surface area (Å²) in [5.41, 5.74) is 2.68. The zero-order valence-electron chi connectivity index (χ0n) is 29.1. The highest BCUT2D eigenvalue weighted by atomic mass is 35.5. The van der Waals surface area contributed by atoms with Gasteiger partial charge in [-0.25, -0.2) is 0 Å². The lowest BCUT2D eigenvalue weighted by Gasteiger charge is -2.46. The van der Waals surface area contributed by atoms with Crippen molar-refractivity contribution in [3.63, 3.8) is 0 Å². The smallest absolute Gasteiger partial charge is 0.0980 e. The molecule has 194 valence electrons. The van der Waals surface area contributed by atoms with E-state index in [1.165, 1.54) is 0 Å². The van der Waals surface area contributed by atoms with Crippen LogP contribution in [-0.4, -0.2) is 48.5 Å². The summed E-state index contributed by atoms with van der Waals surface area (Å²) >= 11 is 0. The van der Waals surface area contributed by atoms with Gasteiger partial charge < -0.3 is 16.9 Å². The molecular weight excluding hydrogens is 484 g/mol. The highest BCUT2D eigenvalue weighted by Gasteiger charge is 2.34. The maximum Gasteiger partial charge on any atom is 0.0980 e. The topological polar surface area (TPSA) is 3.24 Å². The van der Waals surface area contributed by atoms with Crippen LogP contribution in [-0.2, 0) is 0 Å². The van der Waals surface area contributed by atoms with Crippen molar-refractivity contribution in [2.75, 3.05) is 39.1 Å². The van der Waals surface area contributed by atoms with E-state index in [0.29, 0.717) is 11.1 Å². The molecule has 1 aliphatic rings. The van der Waals surface area contributed by atoms with Crippen molar-refractivity contribution in [1.82, 2.24) is 4.90 Å². The number of hydrogen-bond acceptors (Lipinski definition) is 1. The lowest BCUT2D eigenvalue weighted by molar-refractivity contribution is -0.921. The summed E-state index contributed by atoms with van der Waals surface area (Å²) in [6, 6.07) is 35.0. The Labute approximate surface area is 245 Å². The first-order valence-electron chi connectivity index (χ1n) is 16.6. The summed E-state index contributed by atoms with van der Waals surface area (Å²) in [7, 11) is 0. The van der Waals surface area contributed by atoms with Crippen molar-refractivity contribution in [3.8, 4) is 0 Å². The fraction of sp³-hybridized carbons (Fsp3) is 0.200. The van der Waals surface area contributed by atoms with Crippen LogP contribution in [0.4, 0.5) is 0 Å². The summed E-state index contributed by atoms with van der Waals surface area (Å²) in [5.74, 6) is 0. The Morgan fingerprint density at radius 1 is 0.605 bits per heavy atom. The van der Waals surface area contributed by atoms with E-state index in [-0.39, 0.29) is 25.5 Å². The Morgan fingerprint density at radius 2 is 0.974 bits per heavy atom. The molecule has 0 unspecified atom stereocenters. The van der Waals surface area contributed by atoms with E-state index < -0.39 is 36.5 Å². The molecule has 38 heavy (non-hydrogen) atoms. The highest BCUT2D eigenvalue weighted by Crippen LogP contribution is 2.31. The number of rotatable bonds is 9. The zero-order chi connectivity index (χ0) is 32.3. The first-order valence-corrected chi connectivity index (χ1v) is 12.6. The Balaban J connectivity index is 0.00000480. The van der Waals surface area contributed by atoms with Crippen LogP contribution >= 0.6 is 0 Å². The van der Waals surface area contributed by atoms with Crippen molar-refractivity contribution in [2.45, 2.75) is 6.04 Å². The van der Waals surface area contributed by atoms with E-state index in [1.807, 2.05) is 60.7 Å². The summed E-state index contributed by atoms with van der Waals surface area (Å²) in [5, 5.41) is 0. The minimum absolute atomic E-state index is 0. The largest absolute Gasteiger partial charge is 1.00 e. The lowest BCUT2D eigenvalue weighted by Crippen LogP contribution is -3.00. The molecular formula is C35H37ClN2. The summed E-state index contributed by atoms with van der Waals surface area (Å²) in [4.78, 5) is 0.781. The second kappa shape index (κ2) is 13.9. The Bertz CT molecular complexity index is 1490. The third-order valence-electron chi connectivity index (χ3n) is 6.31. The maximum absolute atomic E-state index is 9.53. The second-order valence-corrected chi connectivity index (χ2v) is 9.00. The first-order chi connectivity index (χ1) is 21.4. The zero-order valence-corrected chi connectivity index (χ0v) is 21.9. The highest BCUT2D eigenvalue weighted by molar-refractivity contribution is 5.49. The van der Waals surface area contributed by atoms with Gasteiger partial charge in [0.25, 0.3) is 0 Å². The van der Waals surface area contributed by atoms with Gasteiger partial charge in [-0.1, -0.05) is 133 Å². The number of hydrogen-bond donors (Lipinski definition) is 0. The quantitative estimate of drug-likeness (QED) is 0.292. The van der Waals surface area contributed by atoms with Gasteiger partial charge in [-0.05, 0) is 34.4 Å².